The average Bonchev–Trinajstić information content (AvgIpc) is 2.89. The molecule has 0 aliphatic heterocycles. The van der Waals surface area contributed by atoms with E-state index in [2.05, 4.69) is 4.74 Å². The minimum Gasteiger partial charge on any atom is -0.464 e. The first kappa shape index (κ1) is 33.1. The smallest absolute Gasteiger partial charge is 0.411 e. The number of carbonyl (C=O) groups excluding carboxylic acids is 5. The van der Waals surface area contributed by atoms with Gasteiger partial charge in [0.15, 0.2) is 17.9 Å². The van der Waals surface area contributed by atoms with Crippen molar-refractivity contribution in [2.45, 2.75) is 37.5 Å². The van der Waals surface area contributed by atoms with Crippen molar-refractivity contribution < 1.29 is 64.5 Å². The van der Waals surface area contributed by atoms with Gasteiger partial charge in [-0.1, -0.05) is 24.3 Å². The summed E-state index contributed by atoms with van der Waals surface area (Å²) in [4.78, 5) is 59.1. The summed E-state index contributed by atoms with van der Waals surface area (Å²) in [7, 11) is 1.33. The molecule has 2 aromatic carbocycles. The third-order valence-electron chi connectivity index (χ3n) is 6.07. The molecule has 41 heavy (non-hydrogen) atoms. The lowest BCUT2D eigenvalue weighted by Gasteiger charge is -2.38. The number of alkyl halides is 6. The van der Waals surface area contributed by atoms with Crippen molar-refractivity contribution in [2.24, 2.45) is 0 Å². The summed E-state index contributed by atoms with van der Waals surface area (Å²) >= 11 is 0. The molecular formula is C27H24F6O8. The van der Waals surface area contributed by atoms with E-state index in [4.69, 9.17) is 9.47 Å². The second kappa shape index (κ2) is 13.5. The highest BCUT2D eigenvalue weighted by atomic mass is 19.4. The van der Waals surface area contributed by atoms with Gasteiger partial charge in [-0.3, -0.25) is 19.2 Å². The predicted molar refractivity (Wildman–Crippen MR) is 129 cm³/mol. The Kier molecular flexibility index (Phi) is 10.9. The normalized spacial score (nSPS) is 12.0. The Balaban J connectivity index is 2.88. The zero-order valence-electron chi connectivity index (χ0n) is 21.7. The van der Waals surface area contributed by atoms with E-state index >= 15 is 0 Å². The Morgan fingerprint density at radius 2 is 1.39 bits per heavy atom. The van der Waals surface area contributed by atoms with Crippen LogP contribution in [0.3, 0.4) is 0 Å². The number of carbonyl (C=O) groups is 5. The van der Waals surface area contributed by atoms with E-state index in [1.54, 1.807) is 0 Å². The molecule has 0 atom stereocenters. The van der Waals surface area contributed by atoms with E-state index < -0.39 is 76.3 Å². The van der Waals surface area contributed by atoms with Gasteiger partial charge in [-0.15, -0.1) is 0 Å². The van der Waals surface area contributed by atoms with Crippen LogP contribution in [0.2, 0.25) is 0 Å². The van der Waals surface area contributed by atoms with Gasteiger partial charge in [-0.2, -0.15) is 26.3 Å². The fourth-order valence-electron chi connectivity index (χ4n) is 4.19. The van der Waals surface area contributed by atoms with Crippen LogP contribution in [0.4, 0.5) is 26.3 Å². The van der Waals surface area contributed by atoms with Crippen LogP contribution in [0.25, 0.3) is 0 Å². The summed E-state index contributed by atoms with van der Waals surface area (Å²) < 4.78 is 102. The minimum atomic E-state index is -6.11. The lowest BCUT2D eigenvalue weighted by molar-refractivity contribution is -0.288. The van der Waals surface area contributed by atoms with Gasteiger partial charge in [0.25, 0.3) is 6.47 Å². The number of hydrogen-bond donors (Lipinski definition) is 0. The van der Waals surface area contributed by atoms with Crippen molar-refractivity contribution >= 4 is 30.3 Å². The number of methoxy groups -OCH3 is 1. The maximum absolute atomic E-state index is 14.8. The lowest BCUT2D eigenvalue weighted by Crippen LogP contribution is -2.55. The fourth-order valence-corrected chi connectivity index (χ4v) is 4.19. The number of rotatable bonds is 14. The first-order valence-corrected chi connectivity index (χ1v) is 11.8. The van der Waals surface area contributed by atoms with E-state index in [1.165, 1.54) is 7.11 Å². The van der Waals surface area contributed by atoms with E-state index in [0.29, 0.717) is 30.3 Å². The van der Waals surface area contributed by atoms with Gasteiger partial charge in [-0.25, -0.2) is 4.79 Å². The fraction of sp³-hybridized carbons (Fsp3) is 0.370. The molecule has 2 aromatic rings. The van der Waals surface area contributed by atoms with Crippen LogP contribution in [-0.2, 0) is 24.4 Å². The summed E-state index contributed by atoms with van der Waals surface area (Å²) in [5.74, 6) is -3.11. The molecule has 0 fully saturated rings. The number of ether oxygens (including phenoxy) is 3. The number of halogens is 6. The molecule has 0 amide bonds. The quantitative estimate of drug-likeness (QED) is 0.0988. The first-order valence-electron chi connectivity index (χ1n) is 11.8. The molecule has 0 saturated carbocycles. The van der Waals surface area contributed by atoms with E-state index in [1.807, 2.05) is 0 Å². The summed E-state index contributed by atoms with van der Waals surface area (Å²) in [6, 6.07) is 2.72. The molecule has 0 aromatic heterocycles. The van der Waals surface area contributed by atoms with Gasteiger partial charge in [-0.05, 0) is 36.6 Å². The van der Waals surface area contributed by atoms with Crippen molar-refractivity contribution in [2.75, 3.05) is 26.9 Å². The molecule has 0 saturated heterocycles. The van der Waals surface area contributed by atoms with E-state index in [-0.39, 0.29) is 43.8 Å². The summed E-state index contributed by atoms with van der Waals surface area (Å²) in [6.45, 7) is 0.00615. The number of hydrogen-bond acceptors (Lipinski definition) is 8. The van der Waals surface area contributed by atoms with Crippen LogP contribution in [0, 0.1) is 0 Å². The van der Waals surface area contributed by atoms with Gasteiger partial charge >= 0.3 is 18.3 Å². The minimum absolute atomic E-state index is 0.0142. The largest absolute Gasteiger partial charge is 0.464 e. The van der Waals surface area contributed by atoms with Crippen LogP contribution in [0.5, 0.6) is 0 Å². The standard InChI is InChI=1S/C27H24F6O8/c1-16(36)20-8-7-19(13-22(20)23(37)4-3-9-39-2)25(26(28,29)30,27(31,32)33)18-6-5-17(14-34)21(12-18)24(38)41-11-10-40-15-35/h5-8,12-15H,3-4,9-11H2,1-2H3. The van der Waals surface area contributed by atoms with Crippen LogP contribution >= 0.6 is 0 Å². The maximum atomic E-state index is 14.8. The molecule has 0 aliphatic carbocycles. The second-order valence-corrected chi connectivity index (χ2v) is 8.60. The predicted octanol–water partition coefficient (Wildman–Crippen LogP) is 5.05. The Morgan fingerprint density at radius 3 is 1.90 bits per heavy atom. The molecule has 0 aliphatic rings. The molecule has 14 heteroatoms. The number of ketones is 2. The Labute approximate surface area is 229 Å². The van der Waals surface area contributed by atoms with Crippen LogP contribution in [0.1, 0.15) is 72.3 Å². The highest BCUT2D eigenvalue weighted by Gasteiger charge is 2.72. The SMILES string of the molecule is COCCCC(=O)c1cc(C(c2ccc(C=O)c(C(=O)OCCOC=O)c2)(C(F)(F)F)C(F)(F)F)ccc1C(C)=O. The third kappa shape index (κ3) is 6.99. The first-order chi connectivity index (χ1) is 19.2. The van der Waals surface area contributed by atoms with E-state index in [0.717, 1.165) is 6.92 Å². The zero-order chi connectivity index (χ0) is 31.0. The Bertz CT molecular complexity index is 1290. The number of esters is 1. The molecule has 0 radical (unpaired) electrons. The number of Topliss-reactive ketones (excluding diaryl/α,β-unsaturated/α-hetero) is 2. The van der Waals surface area contributed by atoms with Crippen molar-refractivity contribution in [1.82, 2.24) is 0 Å². The van der Waals surface area contributed by atoms with Gasteiger partial charge in [0, 0.05) is 36.8 Å². The van der Waals surface area contributed by atoms with Crippen molar-refractivity contribution in [3.05, 3.63) is 69.8 Å². The average molecular weight is 590 g/mol. The van der Waals surface area contributed by atoms with Crippen molar-refractivity contribution in [3.8, 4) is 0 Å². The molecule has 0 unspecified atom stereocenters. The van der Waals surface area contributed by atoms with Crippen LogP contribution < -0.4 is 0 Å². The van der Waals surface area contributed by atoms with Crippen LogP contribution in [0.15, 0.2) is 36.4 Å². The second-order valence-electron chi connectivity index (χ2n) is 8.60. The Morgan fingerprint density at radius 1 is 0.805 bits per heavy atom. The molecule has 0 bridgehead atoms. The number of aldehydes is 1. The molecule has 222 valence electrons. The molecule has 0 N–H and O–H groups in total. The van der Waals surface area contributed by atoms with Gasteiger partial charge in [0.2, 0.25) is 5.41 Å². The molecule has 2 rings (SSSR count). The number of benzene rings is 2. The summed E-state index contributed by atoms with van der Waals surface area (Å²) in [5.41, 5.74) is -10.3. The molecule has 0 heterocycles. The molecular weight excluding hydrogens is 566 g/mol. The van der Waals surface area contributed by atoms with E-state index in [9.17, 15) is 50.3 Å². The van der Waals surface area contributed by atoms with Gasteiger partial charge in [0.1, 0.15) is 13.2 Å². The van der Waals surface area contributed by atoms with Crippen LogP contribution in [-0.4, -0.2) is 69.6 Å². The summed E-state index contributed by atoms with van der Waals surface area (Å²) in [6.07, 6.45) is -12.4. The summed E-state index contributed by atoms with van der Waals surface area (Å²) in [5, 5.41) is 0. The topological polar surface area (TPSA) is 113 Å². The molecule has 8 nitrogen and oxygen atoms in total. The Hall–Kier alpha value is -4.07. The lowest BCUT2D eigenvalue weighted by atomic mass is 9.71. The monoisotopic (exact) mass is 590 g/mol. The maximum Gasteiger partial charge on any atom is 0.411 e. The van der Waals surface area contributed by atoms with Crippen molar-refractivity contribution in [3.63, 3.8) is 0 Å². The zero-order valence-corrected chi connectivity index (χ0v) is 21.7. The van der Waals surface area contributed by atoms with Crippen molar-refractivity contribution in [1.29, 1.82) is 0 Å². The van der Waals surface area contributed by atoms with Gasteiger partial charge < -0.3 is 14.2 Å². The van der Waals surface area contributed by atoms with Gasteiger partial charge in [0.05, 0.1) is 5.56 Å². The highest BCUT2D eigenvalue weighted by Crippen LogP contribution is 2.56. The third-order valence-corrected chi connectivity index (χ3v) is 6.07. The highest BCUT2D eigenvalue weighted by molar-refractivity contribution is 6.08. The molecule has 0 spiro atoms.